The lowest BCUT2D eigenvalue weighted by Gasteiger charge is -2.07. The van der Waals surface area contributed by atoms with Gasteiger partial charge in [0.1, 0.15) is 11.5 Å². The molecule has 0 N–H and O–H groups in total. The maximum absolute atomic E-state index is 12.7. The second-order valence-electron chi connectivity index (χ2n) is 4.48. The lowest BCUT2D eigenvalue weighted by molar-refractivity contribution is -0.137. The molecule has 0 bridgehead atoms. The third-order valence-electron chi connectivity index (χ3n) is 3.03. The van der Waals surface area contributed by atoms with Crippen molar-refractivity contribution in [2.24, 2.45) is 0 Å². The van der Waals surface area contributed by atoms with E-state index in [9.17, 15) is 13.2 Å². The quantitative estimate of drug-likeness (QED) is 0.661. The Morgan fingerprint density at radius 3 is 2.24 bits per heavy atom. The average Bonchev–Trinajstić information content (AvgIpc) is 2.97. The van der Waals surface area contributed by atoms with Gasteiger partial charge >= 0.3 is 6.18 Å². The number of benzene rings is 1. The molecule has 3 rings (SSSR count). The molecule has 21 heavy (non-hydrogen) atoms. The standard InChI is InChI=1S/C16H10F3NO/c17-16(18,19)13-5-1-3-11(9-13)14-6-7-15(21-14)12-4-2-8-20-10-12/h1-10H. The van der Waals surface area contributed by atoms with Crippen molar-refractivity contribution >= 4 is 0 Å². The number of pyridine rings is 1. The number of halogens is 3. The molecule has 0 amide bonds. The highest BCUT2D eigenvalue weighted by Gasteiger charge is 2.30. The van der Waals surface area contributed by atoms with E-state index in [0.29, 0.717) is 17.1 Å². The van der Waals surface area contributed by atoms with Crippen LogP contribution in [0, 0.1) is 0 Å². The highest BCUT2D eigenvalue weighted by Crippen LogP contribution is 2.33. The third-order valence-corrected chi connectivity index (χ3v) is 3.03. The van der Waals surface area contributed by atoms with Gasteiger partial charge in [-0.1, -0.05) is 12.1 Å². The molecule has 2 aromatic heterocycles. The molecule has 0 saturated heterocycles. The monoisotopic (exact) mass is 289 g/mol. The van der Waals surface area contributed by atoms with Crippen LogP contribution in [0.2, 0.25) is 0 Å². The summed E-state index contributed by atoms with van der Waals surface area (Å²) >= 11 is 0. The van der Waals surface area contributed by atoms with Crippen LogP contribution in [0.5, 0.6) is 0 Å². The van der Waals surface area contributed by atoms with Gasteiger partial charge in [-0.2, -0.15) is 13.2 Å². The van der Waals surface area contributed by atoms with Crippen LogP contribution < -0.4 is 0 Å². The van der Waals surface area contributed by atoms with E-state index in [1.165, 1.54) is 6.07 Å². The van der Waals surface area contributed by atoms with Crippen LogP contribution in [0.3, 0.4) is 0 Å². The number of hydrogen-bond acceptors (Lipinski definition) is 2. The first-order valence-corrected chi connectivity index (χ1v) is 6.22. The number of aromatic nitrogens is 1. The molecule has 0 aliphatic carbocycles. The molecular formula is C16H10F3NO. The van der Waals surface area contributed by atoms with Crippen LogP contribution in [0.15, 0.2) is 65.3 Å². The van der Waals surface area contributed by atoms with Gasteiger partial charge in [0.05, 0.1) is 5.56 Å². The largest absolute Gasteiger partial charge is 0.456 e. The predicted molar refractivity (Wildman–Crippen MR) is 72.4 cm³/mol. The van der Waals surface area contributed by atoms with E-state index in [0.717, 1.165) is 17.7 Å². The zero-order valence-corrected chi connectivity index (χ0v) is 10.8. The second kappa shape index (κ2) is 5.09. The molecule has 0 aliphatic rings. The van der Waals surface area contributed by atoms with E-state index in [-0.39, 0.29) is 0 Å². The summed E-state index contributed by atoms with van der Waals surface area (Å²) in [5.41, 5.74) is 0.468. The Morgan fingerprint density at radius 1 is 0.857 bits per heavy atom. The van der Waals surface area contributed by atoms with Gasteiger partial charge < -0.3 is 4.42 Å². The molecule has 5 heteroatoms. The molecular weight excluding hydrogens is 279 g/mol. The molecule has 0 saturated carbocycles. The Morgan fingerprint density at radius 2 is 1.57 bits per heavy atom. The van der Waals surface area contributed by atoms with Crippen LogP contribution in [0.25, 0.3) is 22.6 Å². The molecule has 1 aromatic carbocycles. The van der Waals surface area contributed by atoms with Crippen molar-refractivity contribution in [2.45, 2.75) is 6.18 Å². The molecule has 0 aliphatic heterocycles. The van der Waals surface area contributed by atoms with Crippen molar-refractivity contribution in [3.63, 3.8) is 0 Å². The second-order valence-corrected chi connectivity index (χ2v) is 4.48. The molecule has 3 aromatic rings. The van der Waals surface area contributed by atoms with Gasteiger partial charge in [0.25, 0.3) is 0 Å². The lowest BCUT2D eigenvalue weighted by atomic mass is 10.1. The Labute approximate surface area is 118 Å². The van der Waals surface area contributed by atoms with Gasteiger partial charge in [-0.3, -0.25) is 4.98 Å². The first kappa shape index (κ1) is 13.4. The average molecular weight is 289 g/mol. The summed E-state index contributed by atoms with van der Waals surface area (Å²) in [4.78, 5) is 3.98. The maximum atomic E-state index is 12.7. The minimum atomic E-state index is -4.37. The van der Waals surface area contributed by atoms with Crippen LogP contribution in [0.4, 0.5) is 13.2 Å². The number of hydrogen-bond donors (Lipinski definition) is 0. The fraction of sp³-hybridized carbons (Fsp3) is 0.0625. The first-order chi connectivity index (χ1) is 10.0. The first-order valence-electron chi connectivity index (χ1n) is 6.22. The summed E-state index contributed by atoms with van der Waals surface area (Å²) in [6, 6.07) is 12.0. The van der Waals surface area contributed by atoms with Crippen molar-refractivity contribution in [1.29, 1.82) is 0 Å². The Hall–Kier alpha value is -2.56. The molecule has 2 heterocycles. The number of alkyl halides is 3. The van der Waals surface area contributed by atoms with Gasteiger partial charge in [-0.25, -0.2) is 0 Å². The topological polar surface area (TPSA) is 26.0 Å². The fourth-order valence-corrected chi connectivity index (χ4v) is 2.01. The van der Waals surface area contributed by atoms with Crippen molar-refractivity contribution in [3.05, 3.63) is 66.5 Å². The fourth-order valence-electron chi connectivity index (χ4n) is 2.01. The van der Waals surface area contributed by atoms with Crippen molar-refractivity contribution in [1.82, 2.24) is 4.98 Å². The van der Waals surface area contributed by atoms with Crippen LogP contribution in [-0.4, -0.2) is 4.98 Å². The van der Waals surface area contributed by atoms with E-state index in [2.05, 4.69) is 4.98 Å². The Bertz CT molecular complexity index is 747. The summed E-state index contributed by atoms with van der Waals surface area (Å²) < 4.78 is 43.8. The Kier molecular flexibility index (Phi) is 3.25. The smallest absolute Gasteiger partial charge is 0.416 e. The van der Waals surface area contributed by atoms with Crippen molar-refractivity contribution in [2.75, 3.05) is 0 Å². The van der Waals surface area contributed by atoms with Gasteiger partial charge in [0.15, 0.2) is 0 Å². The lowest BCUT2D eigenvalue weighted by Crippen LogP contribution is -2.04. The van der Waals surface area contributed by atoms with E-state index in [4.69, 9.17) is 4.42 Å². The minimum absolute atomic E-state index is 0.389. The van der Waals surface area contributed by atoms with E-state index in [1.54, 1.807) is 36.7 Å². The molecule has 0 radical (unpaired) electrons. The number of nitrogens with zero attached hydrogens (tertiary/aromatic N) is 1. The molecule has 0 fully saturated rings. The Balaban J connectivity index is 1.97. The van der Waals surface area contributed by atoms with E-state index < -0.39 is 11.7 Å². The third kappa shape index (κ3) is 2.81. The van der Waals surface area contributed by atoms with E-state index >= 15 is 0 Å². The maximum Gasteiger partial charge on any atom is 0.416 e. The highest BCUT2D eigenvalue weighted by atomic mass is 19.4. The molecule has 0 unspecified atom stereocenters. The van der Waals surface area contributed by atoms with Gasteiger partial charge in [0.2, 0.25) is 0 Å². The normalized spacial score (nSPS) is 11.6. The van der Waals surface area contributed by atoms with Gasteiger partial charge in [-0.05, 0) is 36.4 Å². The minimum Gasteiger partial charge on any atom is -0.456 e. The van der Waals surface area contributed by atoms with Gasteiger partial charge in [0, 0.05) is 23.5 Å². The van der Waals surface area contributed by atoms with Crippen LogP contribution in [0.1, 0.15) is 5.56 Å². The summed E-state index contributed by atoms with van der Waals surface area (Å²) in [7, 11) is 0. The molecule has 0 spiro atoms. The van der Waals surface area contributed by atoms with Gasteiger partial charge in [-0.15, -0.1) is 0 Å². The SMILES string of the molecule is FC(F)(F)c1cccc(-c2ccc(-c3cccnc3)o2)c1. The summed E-state index contributed by atoms with van der Waals surface area (Å²) in [6.07, 6.45) is -1.09. The number of rotatable bonds is 2. The van der Waals surface area contributed by atoms with Crippen LogP contribution >= 0.6 is 0 Å². The van der Waals surface area contributed by atoms with Crippen LogP contribution in [-0.2, 0) is 6.18 Å². The summed E-state index contributed by atoms with van der Waals surface area (Å²) in [5, 5.41) is 0. The van der Waals surface area contributed by atoms with Crippen molar-refractivity contribution < 1.29 is 17.6 Å². The predicted octanol–water partition coefficient (Wildman–Crippen LogP) is 5.03. The summed E-state index contributed by atoms with van der Waals surface area (Å²) in [6.45, 7) is 0. The summed E-state index contributed by atoms with van der Waals surface area (Å²) in [5.74, 6) is 0.954. The molecule has 0 atom stereocenters. The zero-order valence-electron chi connectivity index (χ0n) is 10.8. The number of furan rings is 1. The zero-order chi connectivity index (χ0) is 14.9. The highest BCUT2D eigenvalue weighted by molar-refractivity contribution is 5.64. The molecule has 106 valence electrons. The molecule has 2 nitrogen and oxygen atoms in total. The van der Waals surface area contributed by atoms with E-state index in [1.807, 2.05) is 6.07 Å². The van der Waals surface area contributed by atoms with Crippen molar-refractivity contribution in [3.8, 4) is 22.6 Å².